The fourth-order valence-corrected chi connectivity index (χ4v) is 3.90. The zero-order chi connectivity index (χ0) is 18.8. The summed E-state index contributed by atoms with van der Waals surface area (Å²) in [6.45, 7) is 5.99. The Morgan fingerprint density at radius 2 is 1.88 bits per heavy atom. The molecule has 138 valence electrons. The van der Waals surface area contributed by atoms with Crippen molar-refractivity contribution in [3.8, 4) is 0 Å². The van der Waals surface area contributed by atoms with Crippen molar-refractivity contribution in [3.05, 3.63) is 30.1 Å². The number of rotatable bonds is 5. The van der Waals surface area contributed by atoms with Crippen molar-refractivity contribution in [3.63, 3.8) is 0 Å². The maximum atomic E-state index is 12.9. The van der Waals surface area contributed by atoms with E-state index in [0.717, 1.165) is 12.1 Å². The number of likely N-dealkylation sites (tertiary alicyclic amines) is 1. The molecule has 0 spiro atoms. The van der Waals surface area contributed by atoms with Crippen LogP contribution in [0.3, 0.4) is 0 Å². The molecule has 1 aromatic rings. The number of carbonyl (C=O) groups is 2. The molecular weight excluding hydrogens is 347 g/mol. The molecule has 0 radical (unpaired) electrons. The van der Waals surface area contributed by atoms with E-state index in [4.69, 9.17) is 0 Å². The Morgan fingerprint density at radius 3 is 2.40 bits per heavy atom. The van der Waals surface area contributed by atoms with E-state index < -0.39 is 21.6 Å². The van der Waals surface area contributed by atoms with Gasteiger partial charge in [-0.15, -0.1) is 0 Å². The third kappa shape index (κ3) is 4.78. The van der Waals surface area contributed by atoms with Gasteiger partial charge in [-0.2, -0.15) is 0 Å². The van der Waals surface area contributed by atoms with Crippen molar-refractivity contribution >= 4 is 21.7 Å². The maximum absolute atomic E-state index is 12.9. The maximum Gasteiger partial charge on any atom is 0.225 e. The third-order valence-electron chi connectivity index (χ3n) is 4.15. The van der Waals surface area contributed by atoms with Crippen molar-refractivity contribution in [2.24, 2.45) is 5.92 Å². The van der Waals surface area contributed by atoms with E-state index in [9.17, 15) is 22.4 Å². The lowest BCUT2D eigenvalue weighted by atomic mass is 10.1. The quantitative estimate of drug-likeness (QED) is 0.794. The lowest BCUT2D eigenvalue weighted by molar-refractivity contribution is -0.132. The minimum absolute atomic E-state index is 0.0121. The number of nitrogens with one attached hydrogen (secondary N) is 1. The standard InChI is InChI=1S/C17H23FN2O4S/c1-17(2,3)20-11-12(10-15(20)21)16(22)19-8-9-25(23,24)14-6-4-13(18)5-7-14/h4-7,12H,8-11H2,1-3H3,(H,19,22). The highest BCUT2D eigenvalue weighted by Gasteiger charge is 2.39. The zero-order valence-electron chi connectivity index (χ0n) is 14.6. The molecule has 1 aliphatic heterocycles. The first-order chi connectivity index (χ1) is 11.5. The number of nitrogens with zero attached hydrogens (tertiary/aromatic N) is 1. The van der Waals surface area contributed by atoms with Gasteiger partial charge in [-0.3, -0.25) is 9.59 Å². The van der Waals surface area contributed by atoms with Gasteiger partial charge in [0, 0.05) is 25.0 Å². The summed E-state index contributed by atoms with van der Waals surface area (Å²) in [5, 5.41) is 2.58. The number of halogens is 1. The normalized spacial score (nSPS) is 18.5. The molecule has 6 nitrogen and oxygen atoms in total. The minimum atomic E-state index is -3.60. The van der Waals surface area contributed by atoms with E-state index in [1.54, 1.807) is 4.90 Å². The SMILES string of the molecule is CC(C)(C)N1CC(C(=O)NCCS(=O)(=O)c2ccc(F)cc2)CC1=O. The van der Waals surface area contributed by atoms with Crippen LogP contribution < -0.4 is 5.32 Å². The van der Waals surface area contributed by atoms with E-state index in [-0.39, 0.29) is 41.0 Å². The Balaban J connectivity index is 1.89. The predicted octanol–water partition coefficient (Wildman–Crippen LogP) is 1.36. The van der Waals surface area contributed by atoms with Gasteiger partial charge in [0.05, 0.1) is 16.6 Å². The van der Waals surface area contributed by atoms with Gasteiger partial charge < -0.3 is 10.2 Å². The summed E-state index contributed by atoms with van der Waals surface area (Å²) in [6.07, 6.45) is 0.133. The molecule has 1 saturated heterocycles. The molecule has 0 aliphatic carbocycles. The minimum Gasteiger partial charge on any atom is -0.355 e. The smallest absolute Gasteiger partial charge is 0.225 e. The second kappa shape index (κ2) is 7.11. The Hall–Kier alpha value is -1.96. The largest absolute Gasteiger partial charge is 0.355 e. The molecule has 1 heterocycles. The van der Waals surface area contributed by atoms with E-state index in [0.29, 0.717) is 6.54 Å². The summed E-state index contributed by atoms with van der Waals surface area (Å²) < 4.78 is 37.2. The molecule has 0 saturated carbocycles. The average molecular weight is 370 g/mol. The second-order valence-electron chi connectivity index (χ2n) is 7.14. The molecule has 1 atom stereocenters. The topological polar surface area (TPSA) is 83.6 Å². The summed E-state index contributed by atoms with van der Waals surface area (Å²) >= 11 is 0. The molecule has 0 aromatic heterocycles. The highest BCUT2D eigenvalue weighted by molar-refractivity contribution is 7.91. The van der Waals surface area contributed by atoms with E-state index in [1.165, 1.54) is 12.1 Å². The van der Waals surface area contributed by atoms with Gasteiger partial charge in [-0.1, -0.05) is 0 Å². The summed E-state index contributed by atoms with van der Waals surface area (Å²) in [5.74, 6) is -1.67. The molecule has 2 rings (SSSR count). The van der Waals surface area contributed by atoms with Crippen LogP contribution in [0.15, 0.2) is 29.2 Å². The fraction of sp³-hybridized carbons (Fsp3) is 0.529. The number of amides is 2. The average Bonchev–Trinajstić information content (AvgIpc) is 2.89. The lowest BCUT2D eigenvalue weighted by Crippen LogP contribution is -2.43. The lowest BCUT2D eigenvalue weighted by Gasteiger charge is -2.31. The first kappa shape index (κ1) is 19.4. The molecule has 25 heavy (non-hydrogen) atoms. The highest BCUT2D eigenvalue weighted by atomic mass is 32.2. The van der Waals surface area contributed by atoms with Gasteiger partial charge in [-0.05, 0) is 45.0 Å². The molecule has 1 N–H and O–H groups in total. The van der Waals surface area contributed by atoms with Crippen LogP contribution in [-0.4, -0.2) is 49.5 Å². The molecular formula is C17H23FN2O4S. The van der Waals surface area contributed by atoms with Crippen LogP contribution in [0.2, 0.25) is 0 Å². The zero-order valence-corrected chi connectivity index (χ0v) is 15.4. The van der Waals surface area contributed by atoms with Crippen molar-refractivity contribution in [1.82, 2.24) is 10.2 Å². The summed E-state index contributed by atoms with van der Waals surface area (Å²) in [4.78, 5) is 25.9. The van der Waals surface area contributed by atoms with Gasteiger partial charge in [0.25, 0.3) is 0 Å². The summed E-state index contributed by atoms with van der Waals surface area (Å²) in [5.41, 5.74) is -0.349. The Bertz CT molecular complexity index is 754. The molecule has 1 aromatic carbocycles. The Kier molecular flexibility index (Phi) is 5.51. The van der Waals surface area contributed by atoms with Crippen LogP contribution in [0.1, 0.15) is 27.2 Å². The van der Waals surface area contributed by atoms with Crippen molar-refractivity contribution in [2.45, 2.75) is 37.6 Å². The monoisotopic (exact) mass is 370 g/mol. The number of hydrogen-bond donors (Lipinski definition) is 1. The van der Waals surface area contributed by atoms with Crippen LogP contribution >= 0.6 is 0 Å². The van der Waals surface area contributed by atoms with Gasteiger partial charge in [0.1, 0.15) is 5.82 Å². The van der Waals surface area contributed by atoms with E-state index in [2.05, 4.69) is 5.32 Å². The first-order valence-corrected chi connectivity index (χ1v) is 9.72. The van der Waals surface area contributed by atoms with Crippen LogP contribution in [0.25, 0.3) is 0 Å². The van der Waals surface area contributed by atoms with Crippen LogP contribution in [0.4, 0.5) is 4.39 Å². The van der Waals surface area contributed by atoms with E-state index in [1.807, 2.05) is 20.8 Å². The Morgan fingerprint density at radius 1 is 1.28 bits per heavy atom. The molecule has 1 aliphatic rings. The second-order valence-corrected chi connectivity index (χ2v) is 9.25. The van der Waals surface area contributed by atoms with Crippen molar-refractivity contribution in [2.75, 3.05) is 18.8 Å². The summed E-state index contributed by atoms with van der Waals surface area (Å²) in [7, 11) is -3.60. The molecule has 2 amide bonds. The van der Waals surface area contributed by atoms with Crippen LogP contribution in [0.5, 0.6) is 0 Å². The van der Waals surface area contributed by atoms with Gasteiger partial charge >= 0.3 is 0 Å². The first-order valence-electron chi connectivity index (χ1n) is 8.07. The van der Waals surface area contributed by atoms with Crippen LogP contribution in [-0.2, 0) is 19.4 Å². The fourth-order valence-electron chi connectivity index (χ4n) is 2.74. The van der Waals surface area contributed by atoms with Gasteiger partial charge in [0.2, 0.25) is 11.8 Å². The van der Waals surface area contributed by atoms with Crippen molar-refractivity contribution < 1.29 is 22.4 Å². The number of hydrogen-bond acceptors (Lipinski definition) is 4. The summed E-state index contributed by atoms with van der Waals surface area (Å²) in [6, 6.07) is 4.56. The molecule has 0 bridgehead atoms. The number of sulfone groups is 1. The predicted molar refractivity (Wildman–Crippen MR) is 91.0 cm³/mol. The third-order valence-corrected chi connectivity index (χ3v) is 5.88. The van der Waals surface area contributed by atoms with Crippen LogP contribution in [0, 0.1) is 11.7 Å². The van der Waals surface area contributed by atoms with Gasteiger partial charge in [-0.25, -0.2) is 12.8 Å². The van der Waals surface area contributed by atoms with Crippen molar-refractivity contribution in [1.29, 1.82) is 0 Å². The number of carbonyl (C=O) groups excluding carboxylic acids is 2. The molecule has 1 unspecified atom stereocenters. The Labute approximate surface area is 147 Å². The molecule has 8 heteroatoms. The molecule has 1 fully saturated rings. The van der Waals surface area contributed by atoms with E-state index >= 15 is 0 Å². The highest BCUT2D eigenvalue weighted by Crippen LogP contribution is 2.25. The number of benzene rings is 1. The van der Waals surface area contributed by atoms with Gasteiger partial charge in [0.15, 0.2) is 9.84 Å².